The fourth-order valence-electron chi connectivity index (χ4n) is 1.48. The molecule has 0 N–H and O–H groups in total. The molecule has 0 radical (unpaired) electrons. The van der Waals surface area contributed by atoms with Crippen molar-refractivity contribution < 1.29 is 4.39 Å². The molecule has 0 fully saturated rings. The standard InChI is InChI=1S/C12H14ClF/c1-3-9-12(13,10(2)14)11-7-5-4-6-8-11/h4-8H,2-3,9H2,1H3. The minimum absolute atomic E-state index is 0.479. The first-order chi connectivity index (χ1) is 6.61. The summed E-state index contributed by atoms with van der Waals surface area (Å²) in [6.07, 6.45) is 1.38. The number of allylic oxidation sites excluding steroid dienone is 1. The van der Waals surface area contributed by atoms with Crippen molar-refractivity contribution in [1.82, 2.24) is 0 Å². The number of halogens is 2. The van der Waals surface area contributed by atoms with Gasteiger partial charge < -0.3 is 0 Å². The van der Waals surface area contributed by atoms with E-state index in [1.54, 1.807) is 0 Å². The highest BCUT2D eigenvalue weighted by molar-refractivity contribution is 6.25. The predicted molar refractivity (Wildman–Crippen MR) is 59.1 cm³/mol. The second kappa shape index (κ2) is 4.61. The van der Waals surface area contributed by atoms with Crippen LogP contribution >= 0.6 is 11.6 Å². The van der Waals surface area contributed by atoms with Crippen molar-refractivity contribution in [3.8, 4) is 0 Å². The van der Waals surface area contributed by atoms with Crippen LogP contribution in [-0.2, 0) is 4.87 Å². The molecular weight excluding hydrogens is 199 g/mol. The summed E-state index contributed by atoms with van der Waals surface area (Å²) in [4.78, 5) is -1.05. The second-order valence-corrected chi connectivity index (χ2v) is 3.97. The van der Waals surface area contributed by atoms with Gasteiger partial charge in [-0.3, -0.25) is 0 Å². The molecule has 1 unspecified atom stereocenters. The van der Waals surface area contributed by atoms with Gasteiger partial charge in [0.2, 0.25) is 0 Å². The first kappa shape index (κ1) is 11.3. The number of rotatable bonds is 4. The maximum absolute atomic E-state index is 13.3. The molecule has 14 heavy (non-hydrogen) atoms. The van der Waals surface area contributed by atoms with E-state index in [4.69, 9.17) is 11.6 Å². The molecule has 2 heteroatoms. The molecule has 0 saturated carbocycles. The maximum Gasteiger partial charge on any atom is 0.120 e. The lowest BCUT2D eigenvalue weighted by molar-refractivity contribution is 0.480. The minimum atomic E-state index is -1.05. The summed E-state index contributed by atoms with van der Waals surface area (Å²) in [6.45, 7) is 5.30. The SMILES string of the molecule is C=C(F)C(Cl)(CCC)c1ccccc1. The van der Waals surface area contributed by atoms with Crippen LogP contribution in [-0.4, -0.2) is 0 Å². The molecule has 0 heterocycles. The molecule has 1 rings (SSSR count). The van der Waals surface area contributed by atoms with Gasteiger partial charge in [-0.15, -0.1) is 11.6 Å². The highest BCUT2D eigenvalue weighted by atomic mass is 35.5. The third kappa shape index (κ3) is 2.16. The Balaban J connectivity index is 3.06. The Bertz CT molecular complexity index is 307. The number of hydrogen-bond acceptors (Lipinski definition) is 0. The quantitative estimate of drug-likeness (QED) is 0.649. The first-order valence-electron chi connectivity index (χ1n) is 4.70. The van der Waals surface area contributed by atoms with Crippen molar-refractivity contribution in [2.45, 2.75) is 24.6 Å². The minimum Gasteiger partial charge on any atom is -0.210 e. The molecule has 0 aliphatic carbocycles. The fraction of sp³-hybridized carbons (Fsp3) is 0.333. The molecule has 0 aromatic heterocycles. The van der Waals surface area contributed by atoms with Crippen LogP contribution in [0.4, 0.5) is 4.39 Å². The second-order valence-electron chi connectivity index (χ2n) is 3.32. The molecule has 1 aromatic carbocycles. The molecule has 0 aliphatic heterocycles. The normalized spacial score (nSPS) is 14.8. The molecule has 1 atom stereocenters. The Labute approximate surface area is 89.4 Å². The van der Waals surface area contributed by atoms with Crippen molar-refractivity contribution in [2.24, 2.45) is 0 Å². The van der Waals surface area contributed by atoms with Gasteiger partial charge in [0.25, 0.3) is 0 Å². The summed E-state index contributed by atoms with van der Waals surface area (Å²) in [5.74, 6) is -0.479. The monoisotopic (exact) mass is 212 g/mol. The fourth-order valence-corrected chi connectivity index (χ4v) is 1.80. The maximum atomic E-state index is 13.3. The van der Waals surface area contributed by atoms with Crippen LogP contribution in [0.1, 0.15) is 25.3 Å². The van der Waals surface area contributed by atoms with Crippen LogP contribution in [0.3, 0.4) is 0 Å². The number of alkyl halides is 1. The highest BCUT2D eigenvalue weighted by Crippen LogP contribution is 2.40. The van der Waals surface area contributed by atoms with Gasteiger partial charge in [0, 0.05) is 0 Å². The van der Waals surface area contributed by atoms with E-state index in [0.29, 0.717) is 6.42 Å². The molecule has 0 spiro atoms. The molecule has 0 saturated heterocycles. The van der Waals surface area contributed by atoms with E-state index in [1.807, 2.05) is 37.3 Å². The molecule has 0 aliphatic rings. The van der Waals surface area contributed by atoms with Crippen molar-refractivity contribution in [1.29, 1.82) is 0 Å². The van der Waals surface area contributed by atoms with Crippen molar-refractivity contribution in [3.63, 3.8) is 0 Å². The average molecular weight is 213 g/mol. The summed E-state index contributed by atoms with van der Waals surface area (Å²) < 4.78 is 13.3. The molecule has 0 bridgehead atoms. The Hall–Kier alpha value is -0.820. The van der Waals surface area contributed by atoms with E-state index in [0.717, 1.165) is 12.0 Å². The van der Waals surface area contributed by atoms with Gasteiger partial charge in [-0.05, 0) is 12.0 Å². The van der Waals surface area contributed by atoms with Crippen molar-refractivity contribution in [2.75, 3.05) is 0 Å². The molecule has 76 valence electrons. The Morgan fingerprint density at radius 1 is 1.43 bits per heavy atom. The largest absolute Gasteiger partial charge is 0.210 e. The Morgan fingerprint density at radius 3 is 2.43 bits per heavy atom. The lowest BCUT2D eigenvalue weighted by Gasteiger charge is -2.24. The third-order valence-electron chi connectivity index (χ3n) is 2.26. The molecular formula is C12H14ClF. The van der Waals surface area contributed by atoms with Gasteiger partial charge in [0.05, 0.1) is 0 Å². The summed E-state index contributed by atoms with van der Waals surface area (Å²) in [6, 6.07) is 9.24. The average Bonchev–Trinajstić information content (AvgIpc) is 2.19. The van der Waals surface area contributed by atoms with E-state index in [1.165, 1.54) is 0 Å². The van der Waals surface area contributed by atoms with Crippen LogP contribution in [0.25, 0.3) is 0 Å². The van der Waals surface area contributed by atoms with Gasteiger partial charge in [-0.1, -0.05) is 50.3 Å². The zero-order chi connectivity index (χ0) is 10.6. The van der Waals surface area contributed by atoms with Gasteiger partial charge in [-0.25, -0.2) is 4.39 Å². The van der Waals surface area contributed by atoms with Gasteiger partial charge >= 0.3 is 0 Å². The Kier molecular flexibility index (Phi) is 3.70. The van der Waals surface area contributed by atoms with Crippen LogP contribution in [0.5, 0.6) is 0 Å². The molecule has 0 nitrogen and oxygen atoms in total. The predicted octanol–water partition coefficient (Wildman–Crippen LogP) is 4.40. The van der Waals surface area contributed by atoms with Crippen LogP contribution < -0.4 is 0 Å². The van der Waals surface area contributed by atoms with E-state index < -0.39 is 10.7 Å². The summed E-state index contributed by atoms with van der Waals surface area (Å²) >= 11 is 6.23. The molecule has 1 aromatic rings. The number of benzene rings is 1. The van der Waals surface area contributed by atoms with E-state index >= 15 is 0 Å². The highest BCUT2D eigenvalue weighted by Gasteiger charge is 2.32. The smallest absolute Gasteiger partial charge is 0.120 e. The lowest BCUT2D eigenvalue weighted by atomic mass is 9.93. The summed E-state index contributed by atoms with van der Waals surface area (Å²) in [5.41, 5.74) is 0.774. The lowest BCUT2D eigenvalue weighted by Crippen LogP contribution is -2.18. The summed E-state index contributed by atoms with van der Waals surface area (Å²) in [5, 5.41) is 0. The first-order valence-corrected chi connectivity index (χ1v) is 5.08. The van der Waals surface area contributed by atoms with Gasteiger partial charge in [-0.2, -0.15) is 0 Å². The van der Waals surface area contributed by atoms with Crippen molar-refractivity contribution in [3.05, 3.63) is 48.3 Å². The third-order valence-corrected chi connectivity index (χ3v) is 2.87. The van der Waals surface area contributed by atoms with Crippen LogP contribution in [0.2, 0.25) is 0 Å². The van der Waals surface area contributed by atoms with E-state index in [-0.39, 0.29) is 0 Å². The van der Waals surface area contributed by atoms with E-state index in [9.17, 15) is 4.39 Å². The van der Waals surface area contributed by atoms with E-state index in [2.05, 4.69) is 6.58 Å². The van der Waals surface area contributed by atoms with Crippen LogP contribution in [0, 0.1) is 0 Å². The van der Waals surface area contributed by atoms with Crippen molar-refractivity contribution >= 4 is 11.6 Å². The van der Waals surface area contributed by atoms with Crippen LogP contribution in [0.15, 0.2) is 42.7 Å². The topological polar surface area (TPSA) is 0 Å². The zero-order valence-corrected chi connectivity index (χ0v) is 9.02. The van der Waals surface area contributed by atoms with Gasteiger partial charge in [0.15, 0.2) is 0 Å². The summed E-state index contributed by atoms with van der Waals surface area (Å²) in [7, 11) is 0. The molecule has 0 amide bonds. The Morgan fingerprint density at radius 2 is 2.00 bits per heavy atom. The zero-order valence-electron chi connectivity index (χ0n) is 8.26. The number of hydrogen-bond donors (Lipinski definition) is 0. The van der Waals surface area contributed by atoms with Gasteiger partial charge in [0.1, 0.15) is 10.7 Å².